The number of halogens is 2. The minimum absolute atomic E-state index is 0.545. The number of hydrogen-bond donors (Lipinski definition) is 0. The van der Waals surface area contributed by atoms with Crippen LogP contribution in [0.4, 0.5) is 5.69 Å². The number of aryl methyl sites for hydroxylation is 1. The van der Waals surface area contributed by atoms with Crippen molar-refractivity contribution in [1.29, 1.82) is 0 Å². The molecule has 0 bridgehead atoms. The van der Waals surface area contributed by atoms with Crippen molar-refractivity contribution in [3.8, 4) is 11.6 Å². The molecule has 2 fully saturated rings. The molecule has 1 aromatic carbocycles. The quantitative estimate of drug-likeness (QED) is 0.347. The van der Waals surface area contributed by atoms with Crippen LogP contribution in [0.3, 0.4) is 0 Å². The minimum Gasteiger partial charge on any atom is -0.440 e. The molecule has 0 saturated carbocycles. The number of anilines is 1. The van der Waals surface area contributed by atoms with Gasteiger partial charge in [0, 0.05) is 54.2 Å². The summed E-state index contributed by atoms with van der Waals surface area (Å²) in [6, 6.07) is 6.41. The lowest BCUT2D eigenvalue weighted by molar-refractivity contribution is 0.319. The second-order valence-electron chi connectivity index (χ2n) is 8.53. The van der Waals surface area contributed by atoms with Gasteiger partial charge in [0.15, 0.2) is 17.3 Å². The third-order valence-corrected chi connectivity index (χ3v) is 7.98. The Kier molecular flexibility index (Phi) is 6.38. The van der Waals surface area contributed by atoms with Gasteiger partial charge < -0.3 is 18.8 Å². The second-order valence-corrected chi connectivity index (χ2v) is 10.5. The molecule has 5 rings (SSSR count). The van der Waals surface area contributed by atoms with Gasteiger partial charge in [-0.2, -0.15) is 0 Å². The first-order valence-electron chi connectivity index (χ1n) is 10.9. The molecule has 0 aliphatic carbocycles. The van der Waals surface area contributed by atoms with Crippen LogP contribution in [0.5, 0.6) is 0 Å². The van der Waals surface area contributed by atoms with Crippen LogP contribution in [-0.4, -0.2) is 62.6 Å². The van der Waals surface area contributed by atoms with Crippen LogP contribution in [0.2, 0.25) is 10.0 Å². The Morgan fingerprint density at radius 3 is 2.72 bits per heavy atom. The number of rotatable bonds is 7. The molecule has 2 unspecified atom stereocenters. The van der Waals surface area contributed by atoms with Crippen molar-refractivity contribution in [3.63, 3.8) is 0 Å². The molecule has 10 heteroatoms. The highest BCUT2D eigenvalue weighted by molar-refractivity contribution is 7.99. The topological polar surface area (TPSA) is 63.2 Å². The van der Waals surface area contributed by atoms with Gasteiger partial charge in [0.05, 0.1) is 5.69 Å². The second kappa shape index (κ2) is 9.25. The van der Waals surface area contributed by atoms with E-state index in [9.17, 15) is 0 Å². The number of hydrogen-bond acceptors (Lipinski definition) is 7. The molecule has 32 heavy (non-hydrogen) atoms. The summed E-state index contributed by atoms with van der Waals surface area (Å²) < 4.78 is 7.44. The first-order valence-corrected chi connectivity index (χ1v) is 12.6. The number of benzene rings is 1. The van der Waals surface area contributed by atoms with Gasteiger partial charge >= 0.3 is 0 Å². The molecule has 2 aliphatic rings. The summed E-state index contributed by atoms with van der Waals surface area (Å²) in [5.74, 6) is 3.12. The number of likely N-dealkylation sites (tertiary alicyclic amines) is 1. The van der Waals surface area contributed by atoms with E-state index < -0.39 is 0 Å². The summed E-state index contributed by atoms with van der Waals surface area (Å²) in [5.41, 5.74) is 1.97. The monoisotopic (exact) mass is 492 g/mol. The average Bonchev–Trinajstić information content (AvgIpc) is 3.50. The van der Waals surface area contributed by atoms with Crippen LogP contribution < -0.4 is 4.90 Å². The van der Waals surface area contributed by atoms with E-state index in [1.165, 1.54) is 19.4 Å². The van der Waals surface area contributed by atoms with Crippen LogP contribution >= 0.6 is 35.0 Å². The van der Waals surface area contributed by atoms with Crippen LogP contribution in [0.1, 0.15) is 18.5 Å². The molecule has 0 amide bonds. The van der Waals surface area contributed by atoms with Crippen molar-refractivity contribution in [2.45, 2.75) is 31.0 Å². The Morgan fingerprint density at radius 1 is 1.16 bits per heavy atom. The largest absolute Gasteiger partial charge is 0.440 e. The van der Waals surface area contributed by atoms with Gasteiger partial charge in [0.25, 0.3) is 0 Å². The summed E-state index contributed by atoms with van der Waals surface area (Å²) in [6.07, 6.45) is 3.78. The summed E-state index contributed by atoms with van der Waals surface area (Å²) in [6.45, 7) is 6.34. The number of fused-ring (bicyclic) bond motifs is 1. The van der Waals surface area contributed by atoms with Crippen molar-refractivity contribution < 1.29 is 4.42 Å². The third-order valence-electron chi connectivity index (χ3n) is 6.44. The predicted molar refractivity (Wildman–Crippen MR) is 129 cm³/mol. The van der Waals surface area contributed by atoms with Gasteiger partial charge in [-0.15, -0.1) is 10.2 Å². The Hall–Kier alpha value is -1.74. The molecular weight excluding hydrogens is 467 g/mol. The highest BCUT2D eigenvalue weighted by Crippen LogP contribution is 2.37. The van der Waals surface area contributed by atoms with E-state index in [2.05, 4.69) is 25.0 Å². The zero-order valence-corrected chi connectivity index (χ0v) is 20.5. The molecule has 0 spiro atoms. The fourth-order valence-electron chi connectivity index (χ4n) is 4.86. The van der Waals surface area contributed by atoms with Crippen molar-refractivity contribution in [1.82, 2.24) is 24.6 Å². The van der Waals surface area contributed by atoms with E-state index in [1.54, 1.807) is 17.8 Å². The fourth-order valence-corrected chi connectivity index (χ4v) is 6.21. The number of thioether (sulfide) groups is 1. The van der Waals surface area contributed by atoms with Crippen LogP contribution in [0.25, 0.3) is 11.6 Å². The molecule has 170 valence electrons. The van der Waals surface area contributed by atoms with E-state index in [0.717, 1.165) is 54.2 Å². The zero-order valence-electron chi connectivity index (χ0n) is 18.2. The van der Waals surface area contributed by atoms with Crippen molar-refractivity contribution >= 4 is 40.7 Å². The Balaban J connectivity index is 1.13. The van der Waals surface area contributed by atoms with Gasteiger partial charge in [-0.05, 0) is 50.4 Å². The van der Waals surface area contributed by atoms with Crippen molar-refractivity contribution in [2.75, 3.05) is 36.8 Å². The lowest BCUT2D eigenvalue weighted by Gasteiger charge is -2.27. The Labute approximate surface area is 202 Å². The van der Waals surface area contributed by atoms with Crippen molar-refractivity contribution in [3.05, 3.63) is 40.3 Å². The number of oxazole rings is 1. The van der Waals surface area contributed by atoms with E-state index in [0.29, 0.717) is 27.8 Å². The Bertz CT molecular complexity index is 1080. The predicted octanol–water partition coefficient (Wildman–Crippen LogP) is 4.78. The van der Waals surface area contributed by atoms with Crippen LogP contribution in [0.15, 0.2) is 34.2 Å². The summed E-state index contributed by atoms with van der Waals surface area (Å²) in [5, 5.41) is 10.9. The van der Waals surface area contributed by atoms with Gasteiger partial charge in [0.1, 0.15) is 0 Å². The molecular formula is C22H26Cl2N6OS. The van der Waals surface area contributed by atoms with E-state index in [4.69, 9.17) is 27.6 Å². The average molecular weight is 493 g/mol. The van der Waals surface area contributed by atoms with Gasteiger partial charge in [-0.25, -0.2) is 4.98 Å². The molecule has 3 aromatic rings. The highest BCUT2D eigenvalue weighted by atomic mass is 35.5. The first kappa shape index (κ1) is 22.1. The maximum atomic E-state index is 6.24. The lowest BCUT2D eigenvalue weighted by atomic mass is 10.1. The number of aromatic nitrogens is 4. The van der Waals surface area contributed by atoms with Gasteiger partial charge in [0.2, 0.25) is 5.82 Å². The summed E-state index contributed by atoms with van der Waals surface area (Å²) in [4.78, 5) is 9.22. The molecule has 7 nitrogen and oxygen atoms in total. The summed E-state index contributed by atoms with van der Waals surface area (Å²) >= 11 is 14.2. The summed E-state index contributed by atoms with van der Waals surface area (Å²) in [7, 11) is 1.97. The first-order chi connectivity index (χ1) is 15.5. The molecule has 0 N–H and O–H groups in total. The highest BCUT2D eigenvalue weighted by Gasteiger charge is 2.41. The van der Waals surface area contributed by atoms with Crippen LogP contribution in [0, 0.1) is 12.8 Å². The van der Waals surface area contributed by atoms with Crippen molar-refractivity contribution in [2.24, 2.45) is 13.0 Å². The van der Waals surface area contributed by atoms with Crippen LogP contribution in [-0.2, 0) is 7.05 Å². The van der Waals surface area contributed by atoms with Gasteiger partial charge in [-0.3, -0.25) is 0 Å². The standard InChI is InChI=1S/C22H26Cl2N6OS/c1-14-20(31-13-25-14)21-26-27-22(28(21)2)32-7-3-5-29-11-15-4-6-30(19(15)12-29)18-9-16(23)8-17(24)10-18/h8-10,13,15,19H,3-7,11-12H2,1-2H3. The molecule has 2 aliphatic heterocycles. The fraction of sp³-hybridized carbons (Fsp3) is 0.500. The van der Waals surface area contributed by atoms with E-state index >= 15 is 0 Å². The Morgan fingerprint density at radius 2 is 1.97 bits per heavy atom. The minimum atomic E-state index is 0.545. The smallest absolute Gasteiger partial charge is 0.202 e. The third kappa shape index (κ3) is 4.38. The normalized spacial score (nSPS) is 20.9. The maximum absolute atomic E-state index is 6.24. The molecule has 2 atom stereocenters. The zero-order chi connectivity index (χ0) is 22.2. The SMILES string of the molecule is Cc1ncoc1-c1nnc(SCCCN2CC3CCN(c4cc(Cl)cc(Cl)c4)C3C2)n1C. The van der Waals surface area contributed by atoms with Gasteiger partial charge in [-0.1, -0.05) is 35.0 Å². The lowest BCUT2D eigenvalue weighted by Crippen LogP contribution is -2.35. The molecule has 2 saturated heterocycles. The molecule has 4 heterocycles. The maximum Gasteiger partial charge on any atom is 0.202 e. The number of nitrogens with zero attached hydrogens (tertiary/aromatic N) is 6. The van der Waals surface area contributed by atoms with E-state index in [-0.39, 0.29) is 0 Å². The molecule has 0 radical (unpaired) electrons. The van der Waals surface area contributed by atoms with E-state index in [1.807, 2.05) is 30.7 Å². The molecule has 2 aromatic heterocycles.